The molecule has 0 radical (unpaired) electrons. The first-order valence-electron chi connectivity index (χ1n) is 4.89. The molecule has 0 aromatic carbocycles. The van der Waals surface area contributed by atoms with Gasteiger partial charge in [0.2, 0.25) is 0 Å². The van der Waals surface area contributed by atoms with Crippen molar-refractivity contribution in [1.82, 2.24) is 0 Å². The fourth-order valence-corrected chi connectivity index (χ4v) is 1.40. The van der Waals surface area contributed by atoms with Crippen molar-refractivity contribution < 1.29 is 18.4 Å². The zero-order valence-corrected chi connectivity index (χ0v) is 9.15. The molecule has 0 spiro atoms. The van der Waals surface area contributed by atoms with Gasteiger partial charge in [0, 0.05) is 7.11 Å². The molecule has 0 bridgehead atoms. The average Bonchev–Trinajstić information content (AvgIpc) is 2.87. The molecule has 0 saturated heterocycles. The number of ether oxygens (including phenoxy) is 1. The van der Waals surface area contributed by atoms with Crippen LogP contribution in [0.3, 0.4) is 0 Å². The summed E-state index contributed by atoms with van der Waals surface area (Å²) in [4.78, 5) is 11.8. The maximum atomic E-state index is 11.8. The summed E-state index contributed by atoms with van der Waals surface area (Å²) in [5.41, 5.74) is 0. The molecule has 0 N–H and O–H groups in total. The standard InChI is InChI=1S/C12H12O4/c1-8-3-5-10(15-8)12(13)11-6-4-9(16-11)7-14-2/h3-6H,7H2,1-2H3. The van der Waals surface area contributed by atoms with E-state index in [1.165, 1.54) is 0 Å². The van der Waals surface area contributed by atoms with Gasteiger partial charge in [0.25, 0.3) is 5.78 Å². The van der Waals surface area contributed by atoms with Crippen molar-refractivity contribution in [2.75, 3.05) is 7.11 Å². The van der Waals surface area contributed by atoms with E-state index in [0.29, 0.717) is 18.1 Å². The fourth-order valence-electron chi connectivity index (χ4n) is 1.40. The Hall–Kier alpha value is -1.81. The molecule has 0 aliphatic rings. The Morgan fingerprint density at radius 1 is 1.19 bits per heavy atom. The van der Waals surface area contributed by atoms with E-state index >= 15 is 0 Å². The van der Waals surface area contributed by atoms with E-state index in [-0.39, 0.29) is 17.3 Å². The highest BCUT2D eigenvalue weighted by Gasteiger charge is 2.16. The van der Waals surface area contributed by atoms with Gasteiger partial charge < -0.3 is 13.6 Å². The Morgan fingerprint density at radius 2 is 1.88 bits per heavy atom. The molecule has 0 atom stereocenters. The van der Waals surface area contributed by atoms with E-state index in [0.717, 1.165) is 0 Å². The van der Waals surface area contributed by atoms with Gasteiger partial charge in [-0.25, -0.2) is 0 Å². The van der Waals surface area contributed by atoms with Crippen LogP contribution < -0.4 is 0 Å². The van der Waals surface area contributed by atoms with Crippen LogP contribution in [0.15, 0.2) is 33.1 Å². The van der Waals surface area contributed by atoms with Gasteiger partial charge >= 0.3 is 0 Å². The Kier molecular flexibility index (Phi) is 2.92. The second kappa shape index (κ2) is 4.37. The molecule has 2 aromatic heterocycles. The van der Waals surface area contributed by atoms with Crippen LogP contribution in [0.2, 0.25) is 0 Å². The van der Waals surface area contributed by atoms with Crippen LogP contribution in [-0.2, 0) is 11.3 Å². The molecule has 0 saturated carbocycles. The van der Waals surface area contributed by atoms with E-state index in [4.69, 9.17) is 13.6 Å². The van der Waals surface area contributed by atoms with Crippen LogP contribution in [0.4, 0.5) is 0 Å². The number of methoxy groups -OCH3 is 1. The summed E-state index contributed by atoms with van der Waals surface area (Å²) in [6.07, 6.45) is 0. The Labute approximate surface area is 92.8 Å². The van der Waals surface area contributed by atoms with Gasteiger partial charge in [0.15, 0.2) is 11.5 Å². The summed E-state index contributed by atoms with van der Waals surface area (Å²) in [5.74, 6) is 1.62. The zero-order chi connectivity index (χ0) is 11.5. The lowest BCUT2D eigenvalue weighted by Crippen LogP contribution is -1.97. The second-order valence-corrected chi connectivity index (χ2v) is 3.44. The van der Waals surface area contributed by atoms with Crippen molar-refractivity contribution >= 4 is 5.78 Å². The monoisotopic (exact) mass is 220 g/mol. The molecule has 2 aromatic rings. The van der Waals surface area contributed by atoms with Gasteiger partial charge in [0.05, 0.1) is 0 Å². The first-order chi connectivity index (χ1) is 7.70. The summed E-state index contributed by atoms with van der Waals surface area (Å²) >= 11 is 0. The Bertz CT molecular complexity index is 493. The normalized spacial score (nSPS) is 10.6. The van der Waals surface area contributed by atoms with Crippen LogP contribution in [0, 0.1) is 6.92 Å². The topological polar surface area (TPSA) is 52.6 Å². The molecular weight excluding hydrogens is 208 g/mol. The van der Waals surface area contributed by atoms with Gasteiger partial charge in [-0.1, -0.05) is 0 Å². The van der Waals surface area contributed by atoms with Crippen LogP contribution in [0.1, 0.15) is 27.8 Å². The zero-order valence-electron chi connectivity index (χ0n) is 9.15. The number of ketones is 1. The first kappa shape index (κ1) is 10.7. The van der Waals surface area contributed by atoms with E-state index < -0.39 is 0 Å². The van der Waals surface area contributed by atoms with Crippen LogP contribution in [0.5, 0.6) is 0 Å². The smallest absolute Gasteiger partial charge is 0.263 e. The lowest BCUT2D eigenvalue weighted by atomic mass is 10.2. The third-order valence-electron chi connectivity index (χ3n) is 2.14. The minimum absolute atomic E-state index is 0.254. The highest BCUT2D eigenvalue weighted by molar-refractivity contribution is 6.05. The fraction of sp³-hybridized carbons (Fsp3) is 0.250. The summed E-state index contributed by atoms with van der Waals surface area (Å²) in [5, 5.41) is 0. The molecule has 84 valence electrons. The van der Waals surface area contributed by atoms with Crippen molar-refractivity contribution in [3.8, 4) is 0 Å². The summed E-state index contributed by atoms with van der Waals surface area (Å²) in [6, 6.07) is 6.71. The summed E-state index contributed by atoms with van der Waals surface area (Å²) < 4.78 is 15.4. The van der Waals surface area contributed by atoms with Crippen molar-refractivity contribution in [3.05, 3.63) is 47.3 Å². The highest BCUT2D eigenvalue weighted by atomic mass is 16.5. The predicted octanol–water partition coefficient (Wildman–Crippen LogP) is 2.56. The van der Waals surface area contributed by atoms with Crippen molar-refractivity contribution in [2.24, 2.45) is 0 Å². The number of furan rings is 2. The van der Waals surface area contributed by atoms with Crippen LogP contribution in [-0.4, -0.2) is 12.9 Å². The van der Waals surface area contributed by atoms with Crippen molar-refractivity contribution in [3.63, 3.8) is 0 Å². The number of hydrogen-bond acceptors (Lipinski definition) is 4. The predicted molar refractivity (Wildman–Crippen MR) is 56.3 cm³/mol. The second-order valence-electron chi connectivity index (χ2n) is 3.44. The summed E-state index contributed by atoms with van der Waals surface area (Å²) in [6.45, 7) is 2.14. The number of aryl methyl sites for hydroxylation is 1. The molecule has 2 heterocycles. The molecule has 4 heteroatoms. The number of carbonyl (C=O) groups is 1. The Morgan fingerprint density at radius 3 is 2.50 bits per heavy atom. The lowest BCUT2D eigenvalue weighted by Gasteiger charge is -1.94. The molecular formula is C12H12O4. The highest BCUT2D eigenvalue weighted by Crippen LogP contribution is 2.16. The van der Waals surface area contributed by atoms with Gasteiger partial charge in [-0.15, -0.1) is 0 Å². The first-order valence-corrected chi connectivity index (χ1v) is 4.89. The van der Waals surface area contributed by atoms with Crippen molar-refractivity contribution in [1.29, 1.82) is 0 Å². The molecule has 0 fully saturated rings. The maximum Gasteiger partial charge on any atom is 0.263 e. The Balaban J connectivity index is 2.20. The van der Waals surface area contributed by atoms with Gasteiger partial charge in [-0.3, -0.25) is 4.79 Å². The molecule has 4 nitrogen and oxygen atoms in total. The molecule has 0 unspecified atom stereocenters. The van der Waals surface area contributed by atoms with Gasteiger partial charge in [-0.05, 0) is 31.2 Å². The van der Waals surface area contributed by atoms with E-state index in [1.807, 2.05) is 0 Å². The molecule has 2 rings (SSSR count). The summed E-state index contributed by atoms with van der Waals surface area (Å²) in [7, 11) is 1.57. The quantitative estimate of drug-likeness (QED) is 0.743. The SMILES string of the molecule is COCc1ccc(C(=O)c2ccc(C)o2)o1. The lowest BCUT2D eigenvalue weighted by molar-refractivity contribution is 0.0973. The van der Waals surface area contributed by atoms with Gasteiger partial charge in [0.1, 0.15) is 18.1 Å². The minimum atomic E-state index is -0.254. The number of rotatable bonds is 4. The van der Waals surface area contributed by atoms with Crippen LogP contribution in [0.25, 0.3) is 0 Å². The third kappa shape index (κ3) is 2.06. The molecule has 0 aliphatic heterocycles. The largest absolute Gasteiger partial charge is 0.458 e. The van der Waals surface area contributed by atoms with E-state index in [9.17, 15) is 4.79 Å². The van der Waals surface area contributed by atoms with Gasteiger partial charge in [-0.2, -0.15) is 0 Å². The number of hydrogen-bond donors (Lipinski definition) is 0. The minimum Gasteiger partial charge on any atom is -0.458 e. The maximum absolute atomic E-state index is 11.8. The van der Waals surface area contributed by atoms with E-state index in [1.54, 1.807) is 38.3 Å². The van der Waals surface area contributed by atoms with E-state index in [2.05, 4.69) is 0 Å². The van der Waals surface area contributed by atoms with Crippen molar-refractivity contribution in [2.45, 2.75) is 13.5 Å². The molecule has 16 heavy (non-hydrogen) atoms. The van der Waals surface area contributed by atoms with Crippen LogP contribution >= 0.6 is 0 Å². The third-order valence-corrected chi connectivity index (χ3v) is 2.14. The molecule has 0 amide bonds. The average molecular weight is 220 g/mol. The number of carbonyl (C=O) groups excluding carboxylic acids is 1. The molecule has 0 aliphatic carbocycles.